The molecule has 1 atom stereocenters. The van der Waals surface area contributed by atoms with Crippen LogP contribution in [0.3, 0.4) is 0 Å². The van der Waals surface area contributed by atoms with Crippen molar-refractivity contribution in [1.29, 1.82) is 0 Å². The van der Waals surface area contributed by atoms with Crippen LogP contribution in [0.2, 0.25) is 5.02 Å². The first-order valence-electron chi connectivity index (χ1n) is 7.89. The van der Waals surface area contributed by atoms with Crippen LogP contribution in [-0.2, 0) is 13.5 Å². The van der Waals surface area contributed by atoms with Crippen LogP contribution in [0.15, 0.2) is 48.0 Å². The first kappa shape index (κ1) is 17.7. The van der Waals surface area contributed by atoms with Crippen molar-refractivity contribution >= 4 is 28.8 Å². The van der Waals surface area contributed by atoms with Crippen molar-refractivity contribution in [3.63, 3.8) is 0 Å². The quantitative estimate of drug-likeness (QED) is 0.696. The van der Waals surface area contributed by atoms with Crippen molar-refractivity contribution in [2.24, 2.45) is 12.8 Å². The number of aryl methyl sites for hydroxylation is 1. The Kier molecular flexibility index (Phi) is 5.53. The number of hydrogen-bond donors (Lipinski definition) is 2. The molecule has 1 amide bonds. The maximum Gasteiger partial charge on any atom is 0.261 e. The molecule has 0 aliphatic heterocycles. The zero-order valence-electron chi connectivity index (χ0n) is 13.8. The summed E-state index contributed by atoms with van der Waals surface area (Å²) in [7, 11) is 1.88. The van der Waals surface area contributed by atoms with Gasteiger partial charge in [-0.1, -0.05) is 29.8 Å². The van der Waals surface area contributed by atoms with Crippen LogP contribution < -0.4 is 11.1 Å². The number of carbonyl (C=O) groups excluding carboxylic acids is 1. The molecule has 2 aromatic heterocycles. The molecule has 0 radical (unpaired) electrons. The molecule has 0 aliphatic carbocycles. The zero-order valence-corrected chi connectivity index (χ0v) is 15.3. The Morgan fingerprint density at radius 1 is 1.40 bits per heavy atom. The van der Waals surface area contributed by atoms with Gasteiger partial charge in [-0.2, -0.15) is 5.10 Å². The van der Waals surface area contributed by atoms with Gasteiger partial charge in [0, 0.05) is 41.8 Å². The van der Waals surface area contributed by atoms with Crippen molar-refractivity contribution in [2.45, 2.75) is 12.5 Å². The smallest absolute Gasteiger partial charge is 0.261 e. The van der Waals surface area contributed by atoms with Gasteiger partial charge in [-0.3, -0.25) is 9.48 Å². The van der Waals surface area contributed by atoms with E-state index < -0.39 is 0 Å². The van der Waals surface area contributed by atoms with Gasteiger partial charge in [-0.05, 0) is 30.2 Å². The molecule has 0 saturated carbocycles. The highest BCUT2D eigenvalue weighted by molar-refractivity contribution is 7.12. The third-order valence-corrected chi connectivity index (χ3v) is 5.28. The number of rotatable bonds is 6. The fourth-order valence-corrected chi connectivity index (χ4v) is 3.64. The highest BCUT2D eigenvalue weighted by Crippen LogP contribution is 2.25. The number of nitrogens with one attached hydrogen (secondary N) is 1. The van der Waals surface area contributed by atoms with Crippen molar-refractivity contribution in [3.8, 4) is 11.3 Å². The van der Waals surface area contributed by atoms with Crippen molar-refractivity contribution in [1.82, 2.24) is 15.1 Å². The average Bonchev–Trinajstić information content (AvgIpc) is 3.24. The van der Waals surface area contributed by atoms with Crippen LogP contribution in [-0.4, -0.2) is 28.3 Å². The van der Waals surface area contributed by atoms with E-state index in [0.29, 0.717) is 22.9 Å². The van der Waals surface area contributed by atoms with Crippen molar-refractivity contribution in [2.75, 3.05) is 6.54 Å². The maximum absolute atomic E-state index is 12.5. The lowest BCUT2D eigenvalue weighted by molar-refractivity contribution is 0.0942. The number of nitrogens with zero attached hydrogens (tertiary/aromatic N) is 2. The molecule has 25 heavy (non-hydrogen) atoms. The molecule has 1 aromatic carbocycles. The number of nitrogens with two attached hydrogens (primary N) is 1. The second kappa shape index (κ2) is 7.82. The minimum atomic E-state index is -0.172. The lowest BCUT2D eigenvalue weighted by atomic mass is 10.1. The van der Waals surface area contributed by atoms with Gasteiger partial charge in [0.25, 0.3) is 5.91 Å². The molecule has 0 aliphatic rings. The van der Waals surface area contributed by atoms with Crippen LogP contribution in [0, 0.1) is 0 Å². The van der Waals surface area contributed by atoms with Crippen LogP contribution in [0.25, 0.3) is 11.3 Å². The van der Waals surface area contributed by atoms with Gasteiger partial charge in [0.1, 0.15) is 0 Å². The van der Waals surface area contributed by atoms with Gasteiger partial charge in [0.05, 0.1) is 10.6 Å². The Hall–Kier alpha value is -2.15. The molecule has 0 spiro atoms. The van der Waals surface area contributed by atoms with E-state index in [2.05, 4.69) is 10.4 Å². The van der Waals surface area contributed by atoms with Crippen LogP contribution >= 0.6 is 22.9 Å². The van der Waals surface area contributed by atoms with Gasteiger partial charge in [0.15, 0.2) is 0 Å². The lowest BCUT2D eigenvalue weighted by Crippen LogP contribution is -2.41. The zero-order chi connectivity index (χ0) is 17.8. The number of halogens is 1. The van der Waals surface area contributed by atoms with E-state index in [0.717, 1.165) is 16.8 Å². The van der Waals surface area contributed by atoms with Gasteiger partial charge in [0.2, 0.25) is 0 Å². The molecule has 3 aromatic rings. The molecule has 130 valence electrons. The first-order chi connectivity index (χ1) is 12.1. The molecule has 7 heteroatoms. The number of amides is 1. The molecule has 2 heterocycles. The third kappa shape index (κ3) is 4.10. The summed E-state index contributed by atoms with van der Waals surface area (Å²) >= 11 is 7.60. The monoisotopic (exact) mass is 374 g/mol. The van der Waals surface area contributed by atoms with E-state index >= 15 is 0 Å². The minimum Gasteiger partial charge on any atom is -0.347 e. The molecular formula is C18H19ClN4OS. The largest absolute Gasteiger partial charge is 0.347 e. The summed E-state index contributed by atoms with van der Waals surface area (Å²) in [6.07, 6.45) is 2.34. The standard InChI is InChI=1S/C18H19ClN4OS/c1-23-16(6-7-21-23)13-9-17(25-11-13)18(24)22-14(10-20)8-12-4-2-3-5-15(12)19/h2-7,9,11,14H,8,10,20H2,1H3,(H,22,24)/t14-/m0/s1. The second-order valence-corrected chi connectivity index (χ2v) is 7.06. The number of benzene rings is 1. The summed E-state index contributed by atoms with van der Waals surface area (Å²) in [4.78, 5) is 13.2. The number of aromatic nitrogens is 2. The van der Waals surface area contributed by atoms with E-state index in [1.807, 2.05) is 48.8 Å². The van der Waals surface area contributed by atoms with Gasteiger partial charge in [-0.15, -0.1) is 11.3 Å². The Morgan fingerprint density at radius 2 is 2.20 bits per heavy atom. The Morgan fingerprint density at radius 3 is 2.88 bits per heavy atom. The van der Waals surface area contributed by atoms with E-state index in [1.54, 1.807) is 10.9 Å². The molecule has 0 saturated heterocycles. The minimum absolute atomic E-state index is 0.124. The summed E-state index contributed by atoms with van der Waals surface area (Å²) in [5.74, 6) is -0.124. The molecule has 0 unspecified atom stereocenters. The van der Waals surface area contributed by atoms with E-state index in [4.69, 9.17) is 17.3 Å². The molecule has 3 N–H and O–H groups in total. The fraction of sp³-hybridized carbons (Fsp3) is 0.222. The maximum atomic E-state index is 12.5. The second-order valence-electron chi connectivity index (χ2n) is 5.74. The Balaban J connectivity index is 1.69. The summed E-state index contributed by atoms with van der Waals surface area (Å²) in [6.45, 7) is 0.344. The molecule has 0 fully saturated rings. The summed E-state index contributed by atoms with van der Waals surface area (Å²) in [5, 5.41) is 9.79. The molecule has 0 bridgehead atoms. The van der Waals surface area contributed by atoms with E-state index in [9.17, 15) is 4.79 Å². The van der Waals surface area contributed by atoms with Crippen LogP contribution in [0.1, 0.15) is 15.2 Å². The normalized spacial score (nSPS) is 12.1. The van der Waals surface area contributed by atoms with E-state index in [-0.39, 0.29) is 11.9 Å². The summed E-state index contributed by atoms with van der Waals surface area (Å²) in [6, 6.07) is 11.2. The predicted octanol–water partition coefficient (Wildman–Crippen LogP) is 3.10. The average molecular weight is 375 g/mol. The fourth-order valence-electron chi connectivity index (χ4n) is 2.63. The lowest BCUT2D eigenvalue weighted by Gasteiger charge is -2.17. The summed E-state index contributed by atoms with van der Waals surface area (Å²) in [5.41, 5.74) is 8.76. The summed E-state index contributed by atoms with van der Waals surface area (Å²) < 4.78 is 1.78. The Labute approximate surface area is 155 Å². The van der Waals surface area contributed by atoms with Crippen molar-refractivity contribution in [3.05, 3.63) is 63.4 Å². The highest BCUT2D eigenvalue weighted by Gasteiger charge is 2.17. The van der Waals surface area contributed by atoms with Gasteiger partial charge in [-0.25, -0.2) is 0 Å². The van der Waals surface area contributed by atoms with Gasteiger partial charge >= 0.3 is 0 Å². The Bertz CT molecular complexity index is 873. The van der Waals surface area contributed by atoms with Crippen molar-refractivity contribution < 1.29 is 4.79 Å². The molecule has 3 rings (SSSR count). The highest BCUT2D eigenvalue weighted by atomic mass is 35.5. The number of carbonyl (C=O) groups is 1. The van der Waals surface area contributed by atoms with E-state index in [1.165, 1.54) is 11.3 Å². The molecule has 5 nitrogen and oxygen atoms in total. The SMILES string of the molecule is Cn1nccc1-c1csc(C(=O)N[C@H](CN)Cc2ccccc2Cl)c1. The predicted molar refractivity (Wildman–Crippen MR) is 102 cm³/mol. The van der Waals surface area contributed by atoms with Crippen LogP contribution in [0.5, 0.6) is 0 Å². The third-order valence-electron chi connectivity index (χ3n) is 3.98. The van der Waals surface area contributed by atoms with Crippen LogP contribution in [0.4, 0.5) is 0 Å². The topological polar surface area (TPSA) is 72.9 Å². The first-order valence-corrected chi connectivity index (χ1v) is 9.15. The van der Waals surface area contributed by atoms with Gasteiger partial charge < -0.3 is 11.1 Å². The molecular weight excluding hydrogens is 356 g/mol. The number of thiophene rings is 1. The number of hydrogen-bond acceptors (Lipinski definition) is 4.